The minimum Gasteiger partial charge on any atom is -0.384 e. The third kappa shape index (κ3) is 2.81. The SMILES string of the molecule is CP(C)(=O)c1cccc(-n2nccc2-c2ccnc(N)c2)c1. The van der Waals surface area contributed by atoms with Gasteiger partial charge < -0.3 is 10.3 Å². The van der Waals surface area contributed by atoms with E-state index in [0.29, 0.717) is 5.82 Å². The fourth-order valence-corrected chi connectivity index (χ4v) is 3.18. The van der Waals surface area contributed by atoms with E-state index in [0.717, 1.165) is 22.2 Å². The molecule has 0 unspecified atom stereocenters. The molecule has 0 aliphatic heterocycles. The molecule has 6 heteroatoms. The lowest BCUT2D eigenvalue weighted by molar-refractivity contribution is 0.588. The van der Waals surface area contributed by atoms with Crippen LogP contribution in [0.15, 0.2) is 54.9 Å². The second kappa shape index (κ2) is 5.43. The zero-order valence-corrected chi connectivity index (χ0v) is 13.4. The molecule has 0 atom stereocenters. The van der Waals surface area contributed by atoms with Gasteiger partial charge in [-0.25, -0.2) is 9.67 Å². The number of benzene rings is 1. The van der Waals surface area contributed by atoms with Crippen LogP contribution in [0.4, 0.5) is 5.82 Å². The number of rotatable bonds is 3. The highest BCUT2D eigenvalue weighted by molar-refractivity contribution is 7.70. The fraction of sp³-hybridized carbons (Fsp3) is 0.125. The van der Waals surface area contributed by atoms with Crippen LogP contribution in [0.2, 0.25) is 0 Å². The lowest BCUT2D eigenvalue weighted by Crippen LogP contribution is -2.07. The molecule has 0 aliphatic rings. The summed E-state index contributed by atoms with van der Waals surface area (Å²) in [5.74, 6) is 0.464. The summed E-state index contributed by atoms with van der Waals surface area (Å²) in [4.78, 5) is 4.01. The van der Waals surface area contributed by atoms with Crippen LogP contribution >= 0.6 is 7.14 Å². The Kier molecular flexibility index (Phi) is 3.59. The lowest BCUT2D eigenvalue weighted by Gasteiger charge is -2.12. The molecule has 0 fully saturated rings. The first-order valence-corrected chi connectivity index (χ1v) is 9.47. The largest absolute Gasteiger partial charge is 0.384 e. The third-order valence-corrected chi connectivity index (χ3v) is 4.94. The molecule has 0 spiro atoms. The number of pyridine rings is 1. The molecule has 5 nitrogen and oxygen atoms in total. The van der Waals surface area contributed by atoms with Crippen molar-refractivity contribution in [2.45, 2.75) is 0 Å². The molecule has 2 N–H and O–H groups in total. The van der Waals surface area contributed by atoms with Crippen LogP contribution in [0, 0.1) is 0 Å². The number of hydrogen-bond acceptors (Lipinski definition) is 4. The van der Waals surface area contributed by atoms with Gasteiger partial charge in [0, 0.05) is 17.1 Å². The first kappa shape index (κ1) is 14.5. The normalized spacial score (nSPS) is 11.5. The van der Waals surface area contributed by atoms with Crippen LogP contribution in [0.5, 0.6) is 0 Å². The van der Waals surface area contributed by atoms with Gasteiger partial charge in [-0.15, -0.1) is 0 Å². The van der Waals surface area contributed by atoms with Gasteiger partial charge in [-0.2, -0.15) is 5.10 Å². The van der Waals surface area contributed by atoms with Gasteiger partial charge in [0.15, 0.2) is 0 Å². The van der Waals surface area contributed by atoms with Gasteiger partial charge in [0.05, 0.1) is 17.6 Å². The Morgan fingerprint density at radius 3 is 2.64 bits per heavy atom. The molecule has 0 saturated carbocycles. The van der Waals surface area contributed by atoms with Gasteiger partial charge in [0.25, 0.3) is 0 Å². The summed E-state index contributed by atoms with van der Waals surface area (Å²) in [6.07, 6.45) is 3.40. The van der Waals surface area contributed by atoms with E-state index in [9.17, 15) is 4.57 Å². The Morgan fingerprint density at radius 2 is 1.91 bits per heavy atom. The van der Waals surface area contributed by atoms with E-state index in [4.69, 9.17) is 5.73 Å². The van der Waals surface area contributed by atoms with E-state index >= 15 is 0 Å². The first-order chi connectivity index (χ1) is 10.4. The third-order valence-electron chi connectivity index (χ3n) is 3.42. The van der Waals surface area contributed by atoms with E-state index in [1.807, 2.05) is 47.1 Å². The zero-order chi connectivity index (χ0) is 15.7. The van der Waals surface area contributed by atoms with Crippen molar-refractivity contribution in [3.8, 4) is 16.9 Å². The molecule has 0 aliphatic carbocycles. The van der Waals surface area contributed by atoms with Gasteiger partial charge in [0.2, 0.25) is 0 Å². The second-order valence-corrected chi connectivity index (χ2v) is 8.69. The highest BCUT2D eigenvalue weighted by Gasteiger charge is 2.13. The van der Waals surface area contributed by atoms with E-state index in [1.54, 1.807) is 25.7 Å². The monoisotopic (exact) mass is 312 g/mol. The standard InChI is InChI=1S/C16H17N4OP/c1-22(2,21)14-5-3-4-13(11-14)20-15(7-9-19-20)12-6-8-18-16(17)10-12/h3-11H,1-2H3,(H2,17,18). The van der Waals surface area contributed by atoms with E-state index < -0.39 is 7.14 Å². The average molecular weight is 312 g/mol. The van der Waals surface area contributed by atoms with Crippen LogP contribution in [0.25, 0.3) is 16.9 Å². The molecule has 112 valence electrons. The van der Waals surface area contributed by atoms with Crippen molar-refractivity contribution in [2.24, 2.45) is 0 Å². The summed E-state index contributed by atoms with van der Waals surface area (Å²) in [6, 6.07) is 13.3. The maximum Gasteiger partial charge on any atom is 0.123 e. The molecule has 2 heterocycles. The first-order valence-electron chi connectivity index (χ1n) is 6.87. The van der Waals surface area contributed by atoms with Crippen molar-refractivity contribution in [1.82, 2.24) is 14.8 Å². The number of hydrogen-bond donors (Lipinski definition) is 1. The highest BCUT2D eigenvalue weighted by Crippen LogP contribution is 2.35. The fourth-order valence-electron chi connectivity index (χ4n) is 2.30. The van der Waals surface area contributed by atoms with Crippen LogP contribution < -0.4 is 11.0 Å². The van der Waals surface area contributed by atoms with Gasteiger partial charge in [0.1, 0.15) is 13.0 Å². The lowest BCUT2D eigenvalue weighted by atomic mass is 10.2. The molecule has 0 amide bonds. The molecule has 22 heavy (non-hydrogen) atoms. The van der Waals surface area contributed by atoms with Gasteiger partial charge in [-0.05, 0) is 43.7 Å². The Balaban J connectivity index is 2.12. The molecule has 2 aromatic heterocycles. The van der Waals surface area contributed by atoms with Gasteiger partial charge >= 0.3 is 0 Å². The molecule has 1 aromatic carbocycles. The number of nitrogens with zero attached hydrogens (tertiary/aromatic N) is 3. The minimum atomic E-state index is -2.31. The Labute approximate surface area is 129 Å². The molecule has 0 bridgehead atoms. The van der Waals surface area contributed by atoms with E-state index in [1.165, 1.54) is 0 Å². The summed E-state index contributed by atoms with van der Waals surface area (Å²) < 4.78 is 14.1. The van der Waals surface area contributed by atoms with Crippen LogP contribution in [-0.2, 0) is 4.57 Å². The van der Waals surface area contributed by atoms with Crippen molar-refractivity contribution in [2.75, 3.05) is 19.1 Å². The Hall–Kier alpha value is -2.39. The van der Waals surface area contributed by atoms with Crippen molar-refractivity contribution in [3.05, 3.63) is 54.9 Å². The molecule has 0 radical (unpaired) electrons. The van der Waals surface area contributed by atoms with Crippen molar-refractivity contribution < 1.29 is 4.57 Å². The van der Waals surface area contributed by atoms with E-state index in [-0.39, 0.29) is 0 Å². The Bertz CT molecular complexity index is 866. The maximum absolute atomic E-state index is 12.3. The molecular formula is C16H17N4OP. The predicted octanol–water partition coefficient (Wildman–Crippen LogP) is 2.76. The predicted molar refractivity (Wildman–Crippen MR) is 90.3 cm³/mol. The highest BCUT2D eigenvalue weighted by atomic mass is 31.2. The smallest absolute Gasteiger partial charge is 0.123 e. The molecular weight excluding hydrogens is 295 g/mol. The summed E-state index contributed by atoms with van der Waals surface area (Å²) in [5.41, 5.74) is 8.48. The molecule has 3 aromatic rings. The number of nitrogen functional groups attached to an aromatic ring is 1. The Morgan fingerprint density at radius 1 is 1.09 bits per heavy atom. The number of nitrogens with two attached hydrogens (primary N) is 1. The van der Waals surface area contributed by atoms with Crippen molar-refractivity contribution in [1.29, 1.82) is 0 Å². The maximum atomic E-state index is 12.3. The average Bonchev–Trinajstić information content (AvgIpc) is 2.96. The van der Waals surface area contributed by atoms with Gasteiger partial charge in [-0.1, -0.05) is 12.1 Å². The molecule has 3 rings (SSSR count). The topological polar surface area (TPSA) is 73.8 Å². The van der Waals surface area contributed by atoms with Crippen molar-refractivity contribution in [3.63, 3.8) is 0 Å². The summed E-state index contributed by atoms with van der Waals surface area (Å²) >= 11 is 0. The second-order valence-electron chi connectivity index (χ2n) is 5.47. The zero-order valence-electron chi connectivity index (χ0n) is 12.5. The number of anilines is 1. The summed E-state index contributed by atoms with van der Waals surface area (Å²) in [6.45, 7) is 3.53. The van der Waals surface area contributed by atoms with Crippen LogP contribution in [-0.4, -0.2) is 28.1 Å². The quantitative estimate of drug-likeness (QED) is 0.755. The van der Waals surface area contributed by atoms with Crippen LogP contribution in [0.3, 0.4) is 0 Å². The molecule has 0 saturated heterocycles. The van der Waals surface area contributed by atoms with Gasteiger partial charge in [-0.3, -0.25) is 0 Å². The van der Waals surface area contributed by atoms with Crippen LogP contribution in [0.1, 0.15) is 0 Å². The van der Waals surface area contributed by atoms with E-state index in [2.05, 4.69) is 10.1 Å². The minimum absolute atomic E-state index is 0.464. The summed E-state index contributed by atoms with van der Waals surface area (Å²) in [7, 11) is -2.31. The number of aromatic nitrogens is 3. The van der Waals surface area contributed by atoms with Crippen molar-refractivity contribution >= 4 is 18.3 Å². The summed E-state index contributed by atoms with van der Waals surface area (Å²) in [5, 5.41) is 5.22.